The lowest BCUT2D eigenvalue weighted by Crippen LogP contribution is -2.11. The number of hydrogen-bond donors (Lipinski definition) is 0. The minimum Gasteiger partial charge on any atom is -0.207 e. The van der Waals surface area contributed by atoms with Crippen molar-refractivity contribution in [1.29, 1.82) is 0 Å². The number of rotatable bonds is 1. The SMILES string of the molecule is CC(C)(C)c1ccc(C2CCC(F)(F)C2)cc1. The van der Waals surface area contributed by atoms with Crippen molar-refractivity contribution in [1.82, 2.24) is 0 Å². The summed E-state index contributed by atoms with van der Waals surface area (Å²) in [6.45, 7) is 6.48. The Bertz CT molecular complexity index is 384. The van der Waals surface area contributed by atoms with Gasteiger partial charge in [0.15, 0.2) is 0 Å². The smallest absolute Gasteiger partial charge is 0.207 e. The molecule has 1 aliphatic rings. The predicted octanol–water partition coefficient (Wildman–Crippen LogP) is 4.89. The molecule has 0 amide bonds. The Kier molecular flexibility index (Phi) is 3.01. The van der Waals surface area contributed by atoms with E-state index >= 15 is 0 Å². The van der Waals surface area contributed by atoms with Crippen molar-refractivity contribution in [3.05, 3.63) is 35.4 Å². The highest BCUT2D eigenvalue weighted by Crippen LogP contribution is 2.44. The van der Waals surface area contributed by atoms with Crippen LogP contribution in [0.5, 0.6) is 0 Å². The molecule has 1 atom stereocenters. The lowest BCUT2D eigenvalue weighted by atomic mass is 9.85. The molecule has 0 nitrogen and oxygen atoms in total. The molecule has 1 fully saturated rings. The van der Waals surface area contributed by atoms with Crippen LogP contribution in [0.4, 0.5) is 8.78 Å². The van der Waals surface area contributed by atoms with Gasteiger partial charge in [0.2, 0.25) is 5.92 Å². The summed E-state index contributed by atoms with van der Waals surface area (Å²) in [6.07, 6.45) is 0.669. The molecule has 17 heavy (non-hydrogen) atoms. The predicted molar refractivity (Wildman–Crippen MR) is 66.7 cm³/mol. The van der Waals surface area contributed by atoms with Gasteiger partial charge in [0, 0.05) is 12.8 Å². The summed E-state index contributed by atoms with van der Waals surface area (Å²) < 4.78 is 26.3. The number of benzene rings is 1. The van der Waals surface area contributed by atoms with Gasteiger partial charge in [0.05, 0.1) is 0 Å². The fourth-order valence-electron chi connectivity index (χ4n) is 2.49. The van der Waals surface area contributed by atoms with Crippen LogP contribution in [0.1, 0.15) is 57.1 Å². The third-order valence-electron chi connectivity index (χ3n) is 3.65. The average Bonchev–Trinajstić information content (AvgIpc) is 2.58. The van der Waals surface area contributed by atoms with Gasteiger partial charge in [-0.25, -0.2) is 8.78 Å². The normalized spacial score (nSPS) is 23.9. The first-order valence-electron chi connectivity index (χ1n) is 6.26. The van der Waals surface area contributed by atoms with Gasteiger partial charge in [-0.3, -0.25) is 0 Å². The van der Waals surface area contributed by atoms with Crippen LogP contribution in [-0.4, -0.2) is 5.92 Å². The van der Waals surface area contributed by atoms with E-state index in [-0.39, 0.29) is 24.2 Å². The Morgan fingerprint density at radius 3 is 2.12 bits per heavy atom. The second-order valence-corrected chi connectivity index (χ2v) is 6.17. The molecule has 0 bridgehead atoms. The van der Waals surface area contributed by atoms with Crippen molar-refractivity contribution in [2.24, 2.45) is 0 Å². The highest BCUT2D eigenvalue weighted by atomic mass is 19.3. The van der Waals surface area contributed by atoms with Crippen molar-refractivity contribution < 1.29 is 8.78 Å². The zero-order chi connectivity index (χ0) is 12.7. The van der Waals surface area contributed by atoms with Crippen molar-refractivity contribution >= 4 is 0 Å². The molecule has 0 saturated heterocycles. The van der Waals surface area contributed by atoms with Gasteiger partial charge in [-0.2, -0.15) is 0 Å². The van der Waals surface area contributed by atoms with E-state index in [0.29, 0.717) is 6.42 Å². The topological polar surface area (TPSA) is 0 Å². The first-order chi connectivity index (χ1) is 7.78. The second kappa shape index (κ2) is 4.08. The zero-order valence-corrected chi connectivity index (χ0v) is 10.8. The summed E-state index contributed by atoms with van der Waals surface area (Å²) in [5, 5.41) is 0. The van der Waals surface area contributed by atoms with Crippen LogP contribution in [0.25, 0.3) is 0 Å². The van der Waals surface area contributed by atoms with Gasteiger partial charge in [-0.1, -0.05) is 45.0 Å². The van der Waals surface area contributed by atoms with Gasteiger partial charge < -0.3 is 0 Å². The Morgan fingerprint density at radius 1 is 1.12 bits per heavy atom. The second-order valence-electron chi connectivity index (χ2n) is 6.17. The molecule has 0 radical (unpaired) electrons. The van der Waals surface area contributed by atoms with Crippen LogP contribution in [0.2, 0.25) is 0 Å². The van der Waals surface area contributed by atoms with E-state index in [2.05, 4.69) is 32.9 Å². The van der Waals surface area contributed by atoms with Crippen molar-refractivity contribution in [2.45, 2.75) is 57.3 Å². The maximum atomic E-state index is 13.1. The fourth-order valence-corrected chi connectivity index (χ4v) is 2.49. The third-order valence-corrected chi connectivity index (χ3v) is 3.65. The highest BCUT2D eigenvalue weighted by Gasteiger charge is 2.39. The lowest BCUT2D eigenvalue weighted by molar-refractivity contribution is 0.00777. The summed E-state index contributed by atoms with van der Waals surface area (Å²) >= 11 is 0. The minimum absolute atomic E-state index is 0.0157. The van der Waals surface area contributed by atoms with E-state index in [1.54, 1.807) is 0 Å². The van der Waals surface area contributed by atoms with E-state index < -0.39 is 5.92 Å². The molecule has 2 heteroatoms. The van der Waals surface area contributed by atoms with Crippen LogP contribution in [0.15, 0.2) is 24.3 Å². The molecular formula is C15H20F2. The Hall–Kier alpha value is -0.920. The summed E-state index contributed by atoms with van der Waals surface area (Å²) in [5.41, 5.74) is 2.44. The van der Waals surface area contributed by atoms with Crippen molar-refractivity contribution in [3.63, 3.8) is 0 Å². The largest absolute Gasteiger partial charge is 0.248 e. The number of alkyl halides is 2. The molecule has 94 valence electrons. The standard InChI is InChI=1S/C15H20F2/c1-14(2,3)13-6-4-11(5-7-13)12-8-9-15(16,17)10-12/h4-7,12H,8-10H2,1-3H3. The molecule has 0 spiro atoms. The van der Waals surface area contributed by atoms with Crippen LogP contribution in [0, 0.1) is 0 Å². The van der Waals surface area contributed by atoms with E-state index in [1.165, 1.54) is 5.56 Å². The molecule has 0 N–H and O–H groups in total. The summed E-state index contributed by atoms with van der Waals surface area (Å²) in [5.74, 6) is -2.41. The lowest BCUT2D eigenvalue weighted by Gasteiger charge is -2.20. The molecule has 0 heterocycles. The van der Waals surface area contributed by atoms with E-state index in [4.69, 9.17) is 0 Å². The monoisotopic (exact) mass is 238 g/mol. The van der Waals surface area contributed by atoms with Crippen molar-refractivity contribution in [2.75, 3.05) is 0 Å². The third kappa shape index (κ3) is 2.85. The Morgan fingerprint density at radius 2 is 1.71 bits per heavy atom. The molecule has 1 saturated carbocycles. The van der Waals surface area contributed by atoms with Crippen LogP contribution in [-0.2, 0) is 5.41 Å². The van der Waals surface area contributed by atoms with Gasteiger partial charge in [-0.15, -0.1) is 0 Å². The van der Waals surface area contributed by atoms with Gasteiger partial charge in [0.1, 0.15) is 0 Å². The minimum atomic E-state index is -2.45. The Labute approximate surface area is 102 Å². The fraction of sp³-hybridized carbons (Fsp3) is 0.600. The summed E-state index contributed by atoms with van der Waals surface area (Å²) in [4.78, 5) is 0. The molecule has 0 aliphatic heterocycles. The molecule has 1 aromatic carbocycles. The highest BCUT2D eigenvalue weighted by molar-refractivity contribution is 5.30. The maximum Gasteiger partial charge on any atom is 0.248 e. The first kappa shape index (κ1) is 12.5. The molecule has 0 aromatic heterocycles. The molecule has 2 rings (SSSR count). The van der Waals surface area contributed by atoms with Crippen LogP contribution < -0.4 is 0 Å². The average molecular weight is 238 g/mol. The maximum absolute atomic E-state index is 13.1. The van der Waals surface area contributed by atoms with Gasteiger partial charge in [-0.05, 0) is 28.9 Å². The quantitative estimate of drug-likeness (QED) is 0.653. The van der Waals surface area contributed by atoms with Crippen molar-refractivity contribution in [3.8, 4) is 0 Å². The molecule has 1 aromatic rings. The summed E-state index contributed by atoms with van der Waals surface area (Å²) in [7, 11) is 0. The first-order valence-corrected chi connectivity index (χ1v) is 6.26. The Balaban J connectivity index is 2.14. The van der Waals surface area contributed by atoms with Crippen LogP contribution in [0.3, 0.4) is 0 Å². The molecule has 1 unspecified atom stereocenters. The van der Waals surface area contributed by atoms with E-state index in [0.717, 1.165) is 5.56 Å². The number of hydrogen-bond acceptors (Lipinski definition) is 0. The van der Waals surface area contributed by atoms with E-state index in [9.17, 15) is 8.78 Å². The van der Waals surface area contributed by atoms with Gasteiger partial charge >= 0.3 is 0 Å². The molecule has 1 aliphatic carbocycles. The molecular weight excluding hydrogens is 218 g/mol. The van der Waals surface area contributed by atoms with Gasteiger partial charge in [0.25, 0.3) is 0 Å². The zero-order valence-electron chi connectivity index (χ0n) is 10.8. The summed E-state index contributed by atoms with van der Waals surface area (Å²) in [6, 6.07) is 8.19. The number of halogens is 2. The van der Waals surface area contributed by atoms with E-state index in [1.807, 2.05) is 12.1 Å². The van der Waals surface area contributed by atoms with Crippen LogP contribution >= 0.6 is 0 Å².